The summed E-state index contributed by atoms with van der Waals surface area (Å²) < 4.78 is 16.2. The van der Waals surface area contributed by atoms with Gasteiger partial charge in [0, 0.05) is 6.07 Å². The molecule has 1 amide bonds. The predicted molar refractivity (Wildman–Crippen MR) is 97.9 cm³/mol. The first-order chi connectivity index (χ1) is 12.7. The zero-order chi connectivity index (χ0) is 18.2. The molecule has 1 N–H and O–H groups in total. The zero-order valence-corrected chi connectivity index (χ0v) is 14.2. The van der Waals surface area contributed by atoms with Crippen molar-refractivity contribution in [1.82, 2.24) is 4.98 Å². The summed E-state index contributed by atoms with van der Waals surface area (Å²) >= 11 is 0. The second-order valence-corrected chi connectivity index (χ2v) is 5.31. The topological polar surface area (TPSA) is 69.7 Å². The van der Waals surface area contributed by atoms with Crippen LogP contribution >= 0.6 is 0 Å². The van der Waals surface area contributed by atoms with Crippen LogP contribution in [0, 0.1) is 0 Å². The summed E-state index contributed by atoms with van der Waals surface area (Å²) in [6, 6.07) is 19.9. The van der Waals surface area contributed by atoms with Gasteiger partial charge in [-0.2, -0.15) is 0 Å². The number of anilines is 1. The fraction of sp³-hybridized carbons (Fsp3) is 0.100. The maximum Gasteiger partial charge on any atom is 0.262 e. The van der Waals surface area contributed by atoms with Gasteiger partial charge in [-0.1, -0.05) is 18.2 Å². The number of aromatic nitrogens is 1. The highest BCUT2D eigenvalue weighted by molar-refractivity contribution is 5.91. The molecule has 0 spiro atoms. The molecule has 26 heavy (non-hydrogen) atoms. The fourth-order valence-corrected chi connectivity index (χ4v) is 2.15. The van der Waals surface area contributed by atoms with Gasteiger partial charge in [0.05, 0.1) is 19.0 Å². The van der Waals surface area contributed by atoms with E-state index in [1.807, 2.05) is 30.3 Å². The number of hydrogen-bond donors (Lipinski definition) is 1. The highest BCUT2D eigenvalue weighted by Gasteiger charge is 2.05. The quantitative estimate of drug-likeness (QED) is 0.700. The van der Waals surface area contributed by atoms with Crippen LogP contribution in [-0.2, 0) is 4.79 Å². The first-order valence-corrected chi connectivity index (χ1v) is 7.98. The van der Waals surface area contributed by atoms with Gasteiger partial charge in [0.25, 0.3) is 5.91 Å². The molecule has 0 atom stereocenters. The zero-order valence-electron chi connectivity index (χ0n) is 14.2. The molecule has 6 heteroatoms. The van der Waals surface area contributed by atoms with E-state index >= 15 is 0 Å². The first-order valence-electron chi connectivity index (χ1n) is 7.98. The van der Waals surface area contributed by atoms with E-state index in [1.54, 1.807) is 36.4 Å². The Bertz CT molecular complexity index is 834. The minimum atomic E-state index is -0.276. The van der Waals surface area contributed by atoms with Crippen LogP contribution in [0.15, 0.2) is 72.9 Å². The third-order valence-corrected chi connectivity index (χ3v) is 3.40. The Morgan fingerprint density at radius 1 is 0.923 bits per heavy atom. The van der Waals surface area contributed by atoms with Crippen LogP contribution in [0.25, 0.3) is 0 Å². The summed E-state index contributed by atoms with van der Waals surface area (Å²) in [7, 11) is 1.53. The van der Waals surface area contributed by atoms with Crippen LogP contribution in [0.3, 0.4) is 0 Å². The molecule has 0 saturated carbocycles. The van der Waals surface area contributed by atoms with Crippen molar-refractivity contribution in [3.63, 3.8) is 0 Å². The standard InChI is InChI=1S/C20H18N2O4/c1-24-20-12-7-15(13-21-20)22-19(23)14-25-16-8-10-18(11-9-16)26-17-5-3-2-4-6-17/h2-13H,14H2,1H3,(H,22,23). The number of pyridine rings is 1. The Morgan fingerprint density at radius 2 is 1.62 bits per heavy atom. The number of hydrogen-bond acceptors (Lipinski definition) is 5. The molecule has 0 saturated heterocycles. The van der Waals surface area contributed by atoms with Crippen LogP contribution in [0.1, 0.15) is 0 Å². The number of nitrogens with one attached hydrogen (secondary N) is 1. The minimum Gasteiger partial charge on any atom is -0.484 e. The van der Waals surface area contributed by atoms with Crippen LogP contribution in [-0.4, -0.2) is 24.6 Å². The number of benzene rings is 2. The lowest BCUT2D eigenvalue weighted by Crippen LogP contribution is -2.20. The Kier molecular flexibility index (Phi) is 5.67. The third-order valence-electron chi connectivity index (χ3n) is 3.40. The van der Waals surface area contributed by atoms with Crippen LogP contribution < -0.4 is 19.5 Å². The second kappa shape index (κ2) is 8.53. The van der Waals surface area contributed by atoms with E-state index in [4.69, 9.17) is 14.2 Å². The number of para-hydroxylation sites is 1. The maximum absolute atomic E-state index is 11.9. The van der Waals surface area contributed by atoms with Gasteiger partial charge in [0.2, 0.25) is 5.88 Å². The van der Waals surface area contributed by atoms with E-state index < -0.39 is 0 Å². The molecule has 0 fully saturated rings. The Balaban J connectivity index is 1.48. The summed E-state index contributed by atoms with van der Waals surface area (Å²) in [6.07, 6.45) is 1.52. The highest BCUT2D eigenvalue weighted by atomic mass is 16.5. The summed E-state index contributed by atoms with van der Waals surface area (Å²) in [5, 5.41) is 2.70. The van der Waals surface area contributed by atoms with Crippen LogP contribution in [0.5, 0.6) is 23.1 Å². The molecule has 0 radical (unpaired) electrons. The maximum atomic E-state index is 11.9. The number of methoxy groups -OCH3 is 1. The van der Waals surface area contributed by atoms with Gasteiger partial charge in [0.1, 0.15) is 17.2 Å². The van der Waals surface area contributed by atoms with Gasteiger partial charge in [-0.3, -0.25) is 4.79 Å². The molecule has 0 aliphatic rings. The monoisotopic (exact) mass is 350 g/mol. The van der Waals surface area contributed by atoms with Crippen molar-refractivity contribution < 1.29 is 19.0 Å². The molecule has 2 aromatic carbocycles. The molecule has 132 valence electrons. The molecule has 6 nitrogen and oxygen atoms in total. The average Bonchev–Trinajstić information content (AvgIpc) is 2.69. The predicted octanol–water partition coefficient (Wildman–Crippen LogP) is 3.90. The molecule has 3 aromatic rings. The molecule has 0 aliphatic carbocycles. The number of carbonyl (C=O) groups is 1. The van der Waals surface area contributed by atoms with Crippen LogP contribution in [0.2, 0.25) is 0 Å². The Labute approximate surface area is 151 Å². The largest absolute Gasteiger partial charge is 0.484 e. The van der Waals surface area contributed by atoms with Crippen molar-refractivity contribution >= 4 is 11.6 Å². The molecule has 3 rings (SSSR count). The molecular weight excluding hydrogens is 332 g/mol. The van der Waals surface area contributed by atoms with E-state index in [1.165, 1.54) is 13.3 Å². The average molecular weight is 350 g/mol. The molecular formula is C20H18N2O4. The lowest BCUT2D eigenvalue weighted by atomic mass is 10.3. The van der Waals surface area contributed by atoms with Crippen molar-refractivity contribution in [1.29, 1.82) is 0 Å². The second-order valence-electron chi connectivity index (χ2n) is 5.31. The summed E-state index contributed by atoms with van der Waals surface area (Å²) in [5.41, 5.74) is 0.575. The normalized spacial score (nSPS) is 10.0. The van der Waals surface area contributed by atoms with Crippen LogP contribution in [0.4, 0.5) is 5.69 Å². The van der Waals surface area contributed by atoms with Gasteiger partial charge in [-0.25, -0.2) is 4.98 Å². The van der Waals surface area contributed by atoms with Crippen molar-refractivity contribution in [2.24, 2.45) is 0 Å². The van der Waals surface area contributed by atoms with E-state index in [-0.39, 0.29) is 12.5 Å². The van der Waals surface area contributed by atoms with Crippen molar-refractivity contribution in [2.45, 2.75) is 0 Å². The van der Waals surface area contributed by atoms with Gasteiger partial charge in [-0.15, -0.1) is 0 Å². The van der Waals surface area contributed by atoms with E-state index in [2.05, 4.69) is 10.3 Å². The lowest BCUT2D eigenvalue weighted by molar-refractivity contribution is -0.118. The molecule has 1 aromatic heterocycles. The minimum absolute atomic E-state index is 0.106. The lowest BCUT2D eigenvalue weighted by Gasteiger charge is -2.09. The summed E-state index contributed by atoms with van der Waals surface area (Å²) in [5.74, 6) is 2.23. The Morgan fingerprint density at radius 3 is 2.27 bits per heavy atom. The molecule has 0 bridgehead atoms. The van der Waals surface area contributed by atoms with Gasteiger partial charge in [-0.05, 0) is 42.5 Å². The van der Waals surface area contributed by atoms with E-state index in [0.29, 0.717) is 23.1 Å². The molecule has 0 aliphatic heterocycles. The van der Waals surface area contributed by atoms with E-state index in [0.717, 1.165) is 5.75 Å². The van der Waals surface area contributed by atoms with E-state index in [9.17, 15) is 4.79 Å². The van der Waals surface area contributed by atoms with Gasteiger partial charge >= 0.3 is 0 Å². The number of rotatable bonds is 7. The summed E-state index contributed by atoms with van der Waals surface area (Å²) in [4.78, 5) is 15.9. The number of amides is 1. The first kappa shape index (κ1) is 17.3. The highest BCUT2D eigenvalue weighted by Crippen LogP contribution is 2.23. The molecule has 1 heterocycles. The fourth-order valence-electron chi connectivity index (χ4n) is 2.15. The number of carbonyl (C=O) groups excluding carboxylic acids is 1. The van der Waals surface area contributed by atoms with Crippen molar-refractivity contribution in [3.05, 3.63) is 72.9 Å². The van der Waals surface area contributed by atoms with Crippen molar-refractivity contribution in [2.75, 3.05) is 19.0 Å². The molecule has 0 unspecified atom stereocenters. The SMILES string of the molecule is COc1ccc(NC(=O)COc2ccc(Oc3ccccc3)cc2)cn1. The third kappa shape index (κ3) is 4.98. The smallest absolute Gasteiger partial charge is 0.262 e. The van der Waals surface area contributed by atoms with Gasteiger partial charge in [0.15, 0.2) is 6.61 Å². The number of ether oxygens (including phenoxy) is 3. The summed E-state index contributed by atoms with van der Waals surface area (Å²) in [6.45, 7) is -0.106. The Hall–Kier alpha value is -3.54. The van der Waals surface area contributed by atoms with Crippen molar-refractivity contribution in [3.8, 4) is 23.1 Å². The van der Waals surface area contributed by atoms with Gasteiger partial charge < -0.3 is 19.5 Å². The number of nitrogens with zero attached hydrogens (tertiary/aromatic N) is 1.